The molecule has 4 atom stereocenters. The Hall–Kier alpha value is -0.0400. The Balaban J connectivity index is 1.86. The molecule has 2 saturated carbocycles. The second-order valence-corrected chi connectivity index (χ2v) is 6.36. The summed E-state index contributed by atoms with van der Waals surface area (Å²) in [6, 6.07) is 0.857. The summed E-state index contributed by atoms with van der Waals surface area (Å²) in [5, 5.41) is 3.81. The van der Waals surface area contributed by atoms with Gasteiger partial charge in [-0.05, 0) is 50.0 Å². The lowest BCUT2D eigenvalue weighted by molar-refractivity contribution is 0.171. The van der Waals surface area contributed by atoms with E-state index in [9.17, 15) is 0 Å². The fourth-order valence-electron chi connectivity index (χ4n) is 4.23. The monoisotopic (exact) mass is 237 g/mol. The van der Waals surface area contributed by atoms with Gasteiger partial charge in [0.15, 0.2) is 0 Å². The van der Waals surface area contributed by atoms with Gasteiger partial charge in [-0.2, -0.15) is 0 Å². The van der Waals surface area contributed by atoms with Crippen LogP contribution in [-0.4, -0.2) is 12.6 Å². The van der Waals surface area contributed by atoms with Crippen LogP contribution < -0.4 is 5.32 Å². The SMILES string of the molecule is CCCNC1CCCC1C1CCCC(CC)C1. The molecule has 1 nitrogen and oxygen atoms in total. The number of hydrogen-bond acceptors (Lipinski definition) is 1. The lowest BCUT2D eigenvalue weighted by Gasteiger charge is -2.35. The molecule has 0 saturated heterocycles. The Morgan fingerprint density at radius 1 is 1.00 bits per heavy atom. The molecular weight excluding hydrogens is 206 g/mol. The second kappa shape index (κ2) is 6.78. The molecule has 2 fully saturated rings. The molecule has 0 heterocycles. The van der Waals surface area contributed by atoms with Gasteiger partial charge in [-0.1, -0.05) is 46.0 Å². The first kappa shape index (κ1) is 13.4. The third-order valence-electron chi connectivity index (χ3n) is 5.23. The van der Waals surface area contributed by atoms with E-state index in [1.165, 1.54) is 64.3 Å². The Morgan fingerprint density at radius 2 is 1.82 bits per heavy atom. The summed E-state index contributed by atoms with van der Waals surface area (Å²) in [7, 11) is 0. The molecule has 0 aromatic heterocycles. The minimum Gasteiger partial charge on any atom is -0.314 e. The van der Waals surface area contributed by atoms with E-state index in [1.807, 2.05) is 0 Å². The van der Waals surface area contributed by atoms with Crippen LogP contribution in [0.1, 0.15) is 71.6 Å². The maximum absolute atomic E-state index is 3.81. The second-order valence-electron chi connectivity index (χ2n) is 6.36. The predicted molar refractivity (Wildman–Crippen MR) is 75.2 cm³/mol. The molecule has 0 spiro atoms. The first-order chi connectivity index (χ1) is 8.35. The molecule has 4 unspecified atom stereocenters. The molecule has 2 aliphatic carbocycles. The van der Waals surface area contributed by atoms with Gasteiger partial charge in [-0.3, -0.25) is 0 Å². The molecule has 17 heavy (non-hydrogen) atoms. The van der Waals surface area contributed by atoms with Crippen molar-refractivity contribution in [1.82, 2.24) is 5.32 Å². The van der Waals surface area contributed by atoms with Crippen LogP contribution >= 0.6 is 0 Å². The van der Waals surface area contributed by atoms with E-state index in [0.717, 1.165) is 23.8 Å². The zero-order valence-electron chi connectivity index (χ0n) is 11.9. The minimum atomic E-state index is 0.857. The molecule has 0 aromatic carbocycles. The van der Waals surface area contributed by atoms with Crippen molar-refractivity contribution in [1.29, 1.82) is 0 Å². The molecule has 100 valence electrons. The van der Waals surface area contributed by atoms with E-state index in [1.54, 1.807) is 0 Å². The molecule has 1 N–H and O–H groups in total. The van der Waals surface area contributed by atoms with Gasteiger partial charge in [0.1, 0.15) is 0 Å². The highest BCUT2D eigenvalue weighted by Crippen LogP contribution is 2.42. The molecule has 0 amide bonds. The van der Waals surface area contributed by atoms with Gasteiger partial charge < -0.3 is 5.32 Å². The zero-order chi connectivity index (χ0) is 12.1. The normalized spacial score (nSPS) is 38.5. The predicted octanol–water partition coefficient (Wildman–Crippen LogP) is 4.37. The van der Waals surface area contributed by atoms with Gasteiger partial charge in [0.2, 0.25) is 0 Å². The summed E-state index contributed by atoms with van der Waals surface area (Å²) in [5.41, 5.74) is 0. The third-order valence-corrected chi connectivity index (χ3v) is 5.23. The highest BCUT2D eigenvalue weighted by molar-refractivity contribution is 4.89. The van der Waals surface area contributed by atoms with Gasteiger partial charge in [0, 0.05) is 6.04 Å². The summed E-state index contributed by atoms with van der Waals surface area (Å²) >= 11 is 0. The average molecular weight is 237 g/mol. The van der Waals surface area contributed by atoms with E-state index < -0.39 is 0 Å². The standard InChI is InChI=1S/C16H31N/c1-3-11-17-16-10-6-9-15(16)14-8-5-7-13(4-2)12-14/h13-17H,3-12H2,1-2H3. The first-order valence-electron chi connectivity index (χ1n) is 8.08. The summed E-state index contributed by atoms with van der Waals surface area (Å²) in [6.07, 6.45) is 13.2. The lowest BCUT2D eigenvalue weighted by atomic mass is 9.72. The molecule has 0 bridgehead atoms. The van der Waals surface area contributed by atoms with E-state index in [2.05, 4.69) is 19.2 Å². The number of nitrogens with one attached hydrogen (secondary N) is 1. The van der Waals surface area contributed by atoms with Gasteiger partial charge >= 0.3 is 0 Å². The summed E-state index contributed by atoms with van der Waals surface area (Å²) < 4.78 is 0. The van der Waals surface area contributed by atoms with E-state index in [4.69, 9.17) is 0 Å². The van der Waals surface area contributed by atoms with Crippen LogP contribution in [0.5, 0.6) is 0 Å². The maximum atomic E-state index is 3.81. The highest BCUT2D eigenvalue weighted by Gasteiger charge is 2.35. The van der Waals surface area contributed by atoms with E-state index in [0.29, 0.717) is 0 Å². The van der Waals surface area contributed by atoms with Crippen molar-refractivity contribution in [3.8, 4) is 0 Å². The lowest BCUT2D eigenvalue weighted by Crippen LogP contribution is -2.37. The van der Waals surface area contributed by atoms with Crippen LogP contribution in [0.2, 0.25) is 0 Å². The van der Waals surface area contributed by atoms with Crippen LogP contribution in [-0.2, 0) is 0 Å². The Labute approximate surface area is 108 Å². The van der Waals surface area contributed by atoms with Gasteiger partial charge in [-0.25, -0.2) is 0 Å². The van der Waals surface area contributed by atoms with Crippen molar-refractivity contribution < 1.29 is 0 Å². The van der Waals surface area contributed by atoms with Crippen molar-refractivity contribution in [3.63, 3.8) is 0 Å². The first-order valence-corrected chi connectivity index (χ1v) is 8.08. The molecular formula is C16H31N. The molecule has 0 aliphatic heterocycles. The van der Waals surface area contributed by atoms with Crippen LogP contribution in [0.15, 0.2) is 0 Å². The Morgan fingerprint density at radius 3 is 2.59 bits per heavy atom. The topological polar surface area (TPSA) is 12.0 Å². The van der Waals surface area contributed by atoms with Gasteiger partial charge in [0.25, 0.3) is 0 Å². The van der Waals surface area contributed by atoms with Crippen molar-refractivity contribution in [2.45, 2.75) is 77.7 Å². The van der Waals surface area contributed by atoms with E-state index >= 15 is 0 Å². The largest absolute Gasteiger partial charge is 0.314 e. The number of hydrogen-bond donors (Lipinski definition) is 1. The molecule has 0 aromatic rings. The van der Waals surface area contributed by atoms with Crippen LogP contribution in [0, 0.1) is 17.8 Å². The highest BCUT2D eigenvalue weighted by atomic mass is 14.9. The smallest absolute Gasteiger partial charge is 0.00979 e. The summed E-state index contributed by atoms with van der Waals surface area (Å²) in [5.74, 6) is 3.10. The average Bonchev–Trinajstić information content (AvgIpc) is 2.84. The van der Waals surface area contributed by atoms with Crippen molar-refractivity contribution in [2.24, 2.45) is 17.8 Å². The fourth-order valence-corrected chi connectivity index (χ4v) is 4.23. The Bertz CT molecular complexity index is 214. The third kappa shape index (κ3) is 3.47. The van der Waals surface area contributed by atoms with Crippen molar-refractivity contribution >= 4 is 0 Å². The molecule has 1 heteroatoms. The van der Waals surface area contributed by atoms with Crippen molar-refractivity contribution in [3.05, 3.63) is 0 Å². The zero-order valence-corrected chi connectivity index (χ0v) is 11.9. The van der Waals surface area contributed by atoms with Crippen LogP contribution in [0.3, 0.4) is 0 Å². The fraction of sp³-hybridized carbons (Fsp3) is 1.00. The van der Waals surface area contributed by atoms with Gasteiger partial charge in [0.05, 0.1) is 0 Å². The summed E-state index contributed by atoms with van der Waals surface area (Å²) in [4.78, 5) is 0. The van der Waals surface area contributed by atoms with Crippen LogP contribution in [0.4, 0.5) is 0 Å². The quantitative estimate of drug-likeness (QED) is 0.748. The molecule has 0 radical (unpaired) electrons. The molecule has 2 rings (SSSR count). The van der Waals surface area contributed by atoms with Gasteiger partial charge in [-0.15, -0.1) is 0 Å². The number of rotatable bonds is 5. The minimum absolute atomic E-state index is 0.857. The Kier molecular flexibility index (Phi) is 5.34. The van der Waals surface area contributed by atoms with Crippen LogP contribution in [0.25, 0.3) is 0 Å². The maximum Gasteiger partial charge on any atom is 0.00979 e. The summed E-state index contributed by atoms with van der Waals surface area (Å²) in [6.45, 7) is 5.89. The van der Waals surface area contributed by atoms with E-state index in [-0.39, 0.29) is 0 Å². The molecule has 2 aliphatic rings. The van der Waals surface area contributed by atoms with Crippen molar-refractivity contribution in [2.75, 3.05) is 6.54 Å².